The summed E-state index contributed by atoms with van der Waals surface area (Å²) in [5.41, 5.74) is 2.43. The number of carbonyl (C=O) groups is 3. The van der Waals surface area contributed by atoms with Crippen molar-refractivity contribution in [2.75, 3.05) is 13.1 Å². The average Bonchev–Trinajstić information content (AvgIpc) is 2.56. The van der Waals surface area contributed by atoms with Gasteiger partial charge in [-0.2, -0.15) is 0 Å². The van der Waals surface area contributed by atoms with Gasteiger partial charge in [-0.1, -0.05) is 38.1 Å². The van der Waals surface area contributed by atoms with Crippen LogP contribution < -0.4 is 10.6 Å². The van der Waals surface area contributed by atoms with E-state index in [0.29, 0.717) is 13.1 Å². The third-order valence-electron chi connectivity index (χ3n) is 4.19. The molecule has 1 aromatic carbocycles. The lowest BCUT2D eigenvalue weighted by Gasteiger charge is -2.33. The van der Waals surface area contributed by atoms with E-state index < -0.39 is 6.04 Å². The molecule has 130 valence electrons. The van der Waals surface area contributed by atoms with Gasteiger partial charge in [-0.25, -0.2) is 0 Å². The van der Waals surface area contributed by atoms with Gasteiger partial charge in [-0.3, -0.25) is 14.4 Å². The predicted octanol–water partition coefficient (Wildman–Crippen LogP) is 0.848. The lowest BCUT2D eigenvalue weighted by atomic mass is 9.97. The number of nitrogens with one attached hydrogen (secondary N) is 2. The molecule has 0 radical (unpaired) electrons. The van der Waals surface area contributed by atoms with Crippen molar-refractivity contribution < 1.29 is 14.4 Å². The van der Waals surface area contributed by atoms with E-state index in [0.717, 1.165) is 12.0 Å². The summed E-state index contributed by atoms with van der Waals surface area (Å²) in [5, 5.41) is 5.19. The van der Waals surface area contributed by atoms with E-state index in [-0.39, 0.29) is 30.2 Å². The van der Waals surface area contributed by atoms with Crippen LogP contribution in [0.1, 0.15) is 31.9 Å². The molecule has 3 amide bonds. The smallest absolute Gasteiger partial charge is 0.245 e. The third kappa shape index (κ3) is 4.57. The molecule has 2 rings (SSSR count). The van der Waals surface area contributed by atoms with Crippen molar-refractivity contribution in [1.29, 1.82) is 0 Å². The Bertz CT molecular complexity index is 628. The van der Waals surface area contributed by atoms with E-state index in [4.69, 9.17) is 0 Å². The SMILES string of the molecule is CC(=O)NCC(=O)N[C@H](C(=O)N1CCc2ccccc2C1)C(C)C. The molecule has 0 aromatic heterocycles. The van der Waals surface area contributed by atoms with Gasteiger partial charge in [0.05, 0.1) is 6.54 Å². The highest BCUT2D eigenvalue weighted by Gasteiger charge is 2.30. The van der Waals surface area contributed by atoms with Crippen LogP contribution in [0.2, 0.25) is 0 Å². The van der Waals surface area contributed by atoms with Gasteiger partial charge in [0, 0.05) is 20.0 Å². The Morgan fingerprint density at radius 3 is 2.46 bits per heavy atom. The molecule has 6 heteroatoms. The second-order valence-corrected chi connectivity index (χ2v) is 6.48. The number of benzene rings is 1. The maximum Gasteiger partial charge on any atom is 0.245 e. The highest BCUT2D eigenvalue weighted by molar-refractivity contribution is 5.90. The normalized spacial score (nSPS) is 14.8. The molecule has 0 unspecified atom stereocenters. The molecule has 0 fully saturated rings. The van der Waals surface area contributed by atoms with Gasteiger partial charge < -0.3 is 15.5 Å². The summed E-state index contributed by atoms with van der Waals surface area (Å²) in [7, 11) is 0. The molecule has 6 nitrogen and oxygen atoms in total. The first-order valence-corrected chi connectivity index (χ1v) is 8.28. The van der Waals surface area contributed by atoms with Gasteiger partial charge in [-0.15, -0.1) is 0 Å². The first kappa shape index (κ1) is 18.0. The molecule has 1 atom stereocenters. The van der Waals surface area contributed by atoms with Gasteiger partial charge in [0.15, 0.2) is 0 Å². The zero-order valence-corrected chi connectivity index (χ0v) is 14.5. The van der Waals surface area contributed by atoms with Crippen molar-refractivity contribution in [3.05, 3.63) is 35.4 Å². The second kappa shape index (κ2) is 7.95. The highest BCUT2D eigenvalue weighted by atomic mass is 16.2. The first-order valence-electron chi connectivity index (χ1n) is 8.28. The van der Waals surface area contributed by atoms with Crippen LogP contribution in [0.5, 0.6) is 0 Å². The van der Waals surface area contributed by atoms with Crippen molar-refractivity contribution >= 4 is 17.7 Å². The highest BCUT2D eigenvalue weighted by Crippen LogP contribution is 2.20. The van der Waals surface area contributed by atoms with Crippen LogP contribution in [0, 0.1) is 5.92 Å². The summed E-state index contributed by atoms with van der Waals surface area (Å²) in [6.07, 6.45) is 0.826. The number of fused-ring (bicyclic) bond motifs is 1. The molecule has 0 bridgehead atoms. The van der Waals surface area contributed by atoms with Crippen molar-refractivity contribution in [2.45, 2.75) is 39.8 Å². The number of hydrogen-bond donors (Lipinski definition) is 2. The molecule has 0 spiro atoms. The quantitative estimate of drug-likeness (QED) is 0.839. The minimum atomic E-state index is -0.587. The Morgan fingerprint density at radius 2 is 1.83 bits per heavy atom. The van der Waals surface area contributed by atoms with Crippen LogP contribution in [0.25, 0.3) is 0 Å². The molecule has 2 N–H and O–H groups in total. The second-order valence-electron chi connectivity index (χ2n) is 6.48. The molecule has 0 saturated heterocycles. The summed E-state index contributed by atoms with van der Waals surface area (Å²) in [6, 6.07) is 7.52. The molecule has 1 aromatic rings. The molecular weight excluding hydrogens is 306 g/mol. The zero-order valence-electron chi connectivity index (χ0n) is 14.5. The predicted molar refractivity (Wildman–Crippen MR) is 91.0 cm³/mol. The molecular formula is C18H25N3O3. The van der Waals surface area contributed by atoms with Crippen LogP contribution in [-0.2, 0) is 27.3 Å². The summed E-state index contributed by atoms with van der Waals surface area (Å²) in [6.45, 7) is 6.26. The van der Waals surface area contributed by atoms with Crippen LogP contribution >= 0.6 is 0 Å². The van der Waals surface area contributed by atoms with E-state index >= 15 is 0 Å². The topological polar surface area (TPSA) is 78.5 Å². The molecule has 1 heterocycles. The summed E-state index contributed by atoms with van der Waals surface area (Å²) >= 11 is 0. The Labute approximate surface area is 142 Å². The van der Waals surface area contributed by atoms with Crippen LogP contribution in [-0.4, -0.2) is 41.8 Å². The van der Waals surface area contributed by atoms with E-state index in [9.17, 15) is 14.4 Å². The fourth-order valence-electron chi connectivity index (χ4n) is 2.82. The fraction of sp³-hybridized carbons (Fsp3) is 0.500. The Morgan fingerprint density at radius 1 is 1.17 bits per heavy atom. The maximum absolute atomic E-state index is 12.8. The fourth-order valence-corrected chi connectivity index (χ4v) is 2.82. The van der Waals surface area contributed by atoms with Crippen LogP contribution in [0.3, 0.4) is 0 Å². The molecule has 0 saturated carbocycles. The van der Waals surface area contributed by atoms with Gasteiger partial charge in [-0.05, 0) is 23.5 Å². The molecule has 1 aliphatic heterocycles. The summed E-state index contributed by atoms with van der Waals surface area (Å²) in [4.78, 5) is 37.5. The Kier molecular flexibility index (Phi) is 5.95. The van der Waals surface area contributed by atoms with Crippen molar-refractivity contribution in [1.82, 2.24) is 15.5 Å². The lowest BCUT2D eigenvalue weighted by molar-refractivity contribution is -0.138. The lowest BCUT2D eigenvalue weighted by Crippen LogP contribution is -2.53. The minimum Gasteiger partial charge on any atom is -0.347 e. The van der Waals surface area contributed by atoms with E-state index in [1.807, 2.05) is 32.0 Å². The van der Waals surface area contributed by atoms with Gasteiger partial charge in [0.1, 0.15) is 6.04 Å². The number of hydrogen-bond acceptors (Lipinski definition) is 3. The molecule has 0 aliphatic carbocycles. The van der Waals surface area contributed by atoms with Crippen molar-refractivity contribution in [2.24, 2.45) is 5.92 Å². The number of amides is 3. The van der Waals surface area contributed by atoms with E-state index in [1.54, 1.807) is 4.90 Å². The largest absolute Gasteiger partial charge is 0.347 e. The number of carbonyl (C=O) groups excluding carboxylic acids is 3. The standard InChI is InChI=1S/C18H25N3O3/c1-12(2)17(20-16(23)10-19-13(3)22)18(24)21-9-8-14-6-4-5-7-15(14)11-21/h4-7,12,17H,8-11H2,1-3H3,(H,19,22)(H,20,23)/t17-/m0/s1. The van der Waals surface area contributed by atoms with Gasteiger partial charge in [0.2, 0.25) is 17.7 Å². The van der Waals surface area contributed by atoms with Crippen LogP contribution in [0.15, 0.2) is 24.3 Å². The third-order valence-corrected chi connectivity index (χ3v) is 4.19. The maximum atomic E-state index is 12.8. The average molecular weight is 331 g/mol. The van der Waals surface area contributed by atoms with Crippen LogP contribution in [0.4, 0.5) is 0 Å². The van der Waals surface area contributed by atoms with Gasteiger partial charge >= 0.3 is 0 Å². The number of nitrogens with zero attached hydrogens (tertiary/aromatic N) is 1. The van der Waals surface area contributed by atoms with Gasteiger partial charge in [0.25, 0.3) is 0 Å². The Balaban J connectivity index is 2.02. The number of rotatable bonds is 5. The first-order chi connectivity index (χ1) is 11.4. The summed E-state index contributed by atoms with van der Waals surface area (Å²) in [5.74, 6) is -0.730. The summed E-state index contributed by atoms with van der Waals surface area (Å²) < 4.78 is 0. The minimum absolute atomic E-state index is 0.0315. The van der Waals surface area contributed by atoms with Crippen molar-refractivity contribution in [3.8, 4) is 0 Å². The van der Waals surface area contributed by atoms with Crippen molar-refractivity contribution in [3.63, 3.8) is 0 Å². The molecule has 1 aliphatic rings. The van der Waals surface area contributed by atoms with E-state index in [2.05, 4.69) is 16.7 Å². The zero-order chi connectivity index (χ0) is 17.7. The molecule has 24 heavy (non-hydrogen) atoms. The monoisotopic (exact) mass is 331 g/mol. The Hall–Kier alpha value is -2.37. The van der Waals surface area contributed by atoms with E-state index in [1.165, 1.54) is 12.5 Å².